The van der Waals surface area contributed by atoms with E-state index in [1.165, 1.54) is 0 Å². The Morgan fingerprint density at radius 1 is 1.38 bits per heavy atom. The van der Waals surface area contributed by atoms with Gasteiger partial charge in [-0.25, -0.2) is 0 Å². The van der Waals surface area contributed by atoms with E-state index < -0.39 is 0 Å². The summed E-state index contributed by atoms with van der Waals surface area (Å²) in [5.41, 5.74) is 1.11. The van der Waals surface area contributed by atoms with Gasteiger partial charge in [0, 0.05) is 13.1 Å². The van der Waals surface area contributed by atoms with Gasteiger partial charge < -0.3 is 15.4 Å². The average molecular weight is 220 g/mol. The zero-order valence-electron chi connectivity index (χ0n) is 9.99. The quantitative estimate of drug-likeness (QED) is 0.797. The summed E-state index contributed by atoms with van der Waals surface area (Å²) in [6.07, 6.45) is 0. The first-order chi connectivity index (χ1) is 7.75. The van der Waals surface area contributed by atoms with Crippen molar-refractivity contribution in [2.75, 3.05) is 25.0 Å². The van der Waals surface area contributed by atoms with Crippen LogP contribution in [0.15, 0.2) is 24.3 Å². The van der Waals surface area contributed by atoms with Gasteiger partial charge in [-0.15, -0.1) is 0 Å². The molecular weight excluding hydrogens is 200 g/mol. The number of nitrogens with one attached hydrogen (secondary N) is 2. The second-order valence-electron chi connectivity index (χ2n) is 4.70. The van der Waals surface area contributed by atoms with Crippen LogP contribution in [0.2, 0.25) is 0 Å². The van der Waals surface area contributed by atoms with E-state index in [0.717, 1.165) is 31.1 Å². The van der Waals surface area contributed by atoms with Gasteiger partial charge in [0.05, 0.1) is 18.3 Å². The summed E-state index contributed by atoms with van der Waals surface area (Å²) in [7, 11) is 0. The highest BCUT2D eigenvalue weighted by Crippen LogP contribution is 2.25. The number of hydrogen-bond donors (Lipinski definition) is 2. The van der Waals surface area contributed by atoms with Crippen molar-refractivity contribution in [2.45, 2.75) is 19.9 Å². The third kappa shape index (κ3) is 2.89. The van der Waals surface area contributed by atoms with Crippen LogP contribution in [0, 0.1) is 5.92 Å². The molecule has 0 spiro atoms. The maximum Gasteiger partial charge on any atom is 0.142 e. The van der Waals surface area contributed by atoms with Crippen molar-refractivity contribution in [1.82, 2.24) is 5.32 Å². The molecule has 3 nitrogen and oxygen atoms in total. The second-order valence-corrected chi connectivity index (χ2v) is 4.70. The van der Waals surface area contributed by atoms with E-state index in [1.54, 1.807) is 0 Å². The van der Waals surface area contributed by atoms with Gasteiger partial charge in [-0.3, -0.25) is 0 Å². The van der Waals surface area contributed by atoms with Crippen molar-refractivity contribution in [3.63, 3.8) is 0 Å². The predicted octanol–water partition coefficient (Wildman–Crippen LogP) is 2.11. The molecule has 0 atom stereocenters. The second kappa shape index (κ2) is 5.21. The predicted molar refractivity (Wildman–Crippen MR) is 67.1 cm³/mol. The maximum atomic E-state index is 5.79. The Labute approximate surface area is 97.2 Å². The first-order valence-electron chi connectivity index (χ1n) is 5.95. The highest BCUT2D eigenvalue weighted by atomic mass is 16.5. The Morgan fingerprint density at radius 3 is 2.75 bits per heavy atom. The van der Waals surface area contributed by atoms with Crippen LogP contribution in [0.25, 0.3) is 0 Å². The van der Waals surface area contributed by atoms with Crippen LogP contribution in [-0.2, 0) is 0 Å². The summed E-state index contributed by atoms with van der Waals surface area (Å²) < 4.78 is 5.79. The standard InChI is InChI=1S/C13H20N2O/c1-10(2)9-16-13-6-4-3-5-12(13)15-11-7-14-8-11/h3-6,10-11,14-15H,7-9H2,1-2H3. The van der Waals surface area contributed by atoms with Crippen LogP contribution in [0.3, 0.4) is 0 Å². The van der Waals surface area contributed by atoms with Crippen molar-refractivity contribution in [1.29, 1.82) is 0 Å². The van der Waals surface area contributed by atoms with Crippen molar-refractivity contribution in [3.8, 4) is 5.75 Å². The minimum Gasteiger partial charge on any atom is -0.491 e. The molecule has 0 radical (unpaired) electrons. The highest BCUT2D eigenvalue weighted by molar-refractivity contribution is 5.57. The minimum absolute atomic E-state index is 0.545. The summed E-state index contributed by atoms with van der Waals surface area (Å²) in [6, 6.07) is 8.70. The van der Waals surface area contributed by atoms with Crippen LogP contribution in [0.1, 0.15) is 13.8 Å². The van der Waals surface area contributed by atoms with Crippen molar-refractivity contribution >= 4 is 5.69 Å². The summed E-state index contributed by atoms with van der Waals surface area (Å²) in [4.78, 5) is 0. The smallest absolute Gasteiger partial charge is 0.142 e. The van der Waals surface area contributed by atoms with E-state index in [9.17, 15) is 0 Å². The van der Waals surface area contributed by atoms with E-state index in [2.05, 4.69) is 30.5 Å². The minimum atomic E-state index is 0.545. The third-order valence-electron chi connectivity index (χ3n) is 2.60. The normalized spacial score (nSPS) is 15.9. The molecule has 0 aliphatic carbocycles. The summed E-state index contributed by atoms with van der Waals surface area (Å²) in [5, 5.41) is 6.73. The van der Waals surface area contributed by atoms with Crippen LogP contribution >= 0.6 is 0 Å². The summed E-state index contributed by atoms with van der Waals surface area (Å²) >= 11 is 0. The molecule has 1 aromatic carbocycles. The number of ether oxygens (including phenoxy) is 1. The summed E-state index contributed by atoms with van der Waals surface area (Å²) in [6.45, 7) is 7.16. The topological polar surface area (TPSA) is 33.3 Å². The van der Waals surface area contributed by atoms with Gasteiger partial charge in [0.15, 0.2) is 0 Å². The number of anilines is 1. The molecule has 1 aliphatic heterocycles. The largest absolute Gasteiger partial charge is 0.491 e. The number of rotatable bonds is 5. The molecule has 0 amide bonds. The van der Waals surface area contributed by atoms with Crippen molar-refractivity contribution < 1.29 is 4.74 Å². The molecule has 2 N–H and O–H groups in total. The fraction of sp³-hybridized carbons (Fsp3) is 0.538. The fourth-order valence-electron chi connectivity index (χ4n) is 1.58. The molecule has 1 heterocycles. The molecule has 16 heavy (non-hydrogen) atoms. The van der Waals surface area contributed by atoms with Crippen LogP contribution in [-0.4, -0.2) is 25.7 Å². The Hall–Kier alpha value is -1.22. The van der Waals surface area contributed by atoms with Crippen molar-refractivity contribution in [3.05, 3.63) is 24.3 Å². The van der Waals surface area contributed by atoms with E-state index in [0.29, 0.717) is 12.0 Å². The highest BCUT2D eigenvalue weighted by Gasteiger charge is 2.17. The molecular formula is C13H20N2O. The molecule has 0 saturated carbocycles. The molecule has 0 unspecified atom stereocenters. The number of benzene rings is 1. The van der Waals surface area contributed by atoms with Crippen LogP contribution < -0.4 is 15.4 Å². The van der Waals surface area contributed by atoms with Crippen LogP contribution in [0.4, 0.5) is 5.69 Å². The Morgan fingerprint density at radius 2 is 2.12 bits per heavy atom. The van der Waals surface area contributed by atoms with Gasteiger partial charge in [-0.05, 0) is 18.1 Å². The zero-order chi connectivity index (χ0) is 11.4. The van der Waals surface area contributed by atoms with Gasteiger partial charge >= 0.3 is 0 Å². The molecule has 0 bridgehead atoms. The first kappa shape index (κ1) is 11.3. The van der Waals surface area contributed by atoms with E-state index in [-0.39, 0.29) is 0 Å². The Bertz CT molecular complexity index is 334. The van der Waals surface area contributed by atoms with Gasteiger partial charge in [0.1, 0.15) is 5.75 Å². The van der Waals surface area contributed by atoms with Gasteiger partial charge in [-0.2, -0.15) is 0 Å². The summed E-state index contributed by atoms with van der Waals surface area (Å²) in [5.74, 6) is 1.52. The van der Waals surface area contributed by atoms with Gasteiger partial charge in [-0.1, -0.05) is 26.0 Å². The van der Waals surface area contributed by atoms with E-state index >= 15 is 0 Å². The lowest BCUT2D eigenvalue weighted by Crippen LogP contribution is -2.51. The van der Waals surface area contributed by atoms with Crippen molar-refractivity contribution in [2.24, 2.45) is 5.92 Å². The monoisotopic (exact) mass is 220 g/mol. The number of para-hydroxylation sites is 2. The molecule has 1 fully saturated rings. The van der Waals surface area contributed by atoms with Gasteiger partial charge in [0.2, 0.25) is 0 Å². The molecule has 1 aromatic rings. The third-order valence-corrected chi connectivity index (χ3v) is 2.60. The van der Waals surface area contributed by atoms with Gasteiger partial charge in [0.25, 0.3) is 0 Å². The molecule has 88 valence electrons. The molecule has 0 aromatic heterocycles. The number of hydrogen-bond acceptors (Lipinski definition) is 3. The maximum absolute atomic E-state index is 5.79. The molecule has 1 saturated heterocycles. The van der Waals surface area contributed by atoms with Crippen LogP contribution in [0.5, 0.6) is 5.75 Å². The lowest BCUT2D eigenvalue weighted by Gasteiger charge is -2.29. The SMILES string of the molecule is CC(C)COc1ccccc1NC1CNC1. The lowest BCUT2D eigenvalue weighted by molar-refractivity contribution is 0.272. The average Bonchev–Trinajstić information content (AvgIpc) is 2.22. The van der Waals surface area contributed by atoms with E-state index in [1.807, 2.05) is 18.2 Å². The fourth-order valence-corrected chi connectivity index (χ4v) is 1.58. The zero-order valence-corrected chi connectivity index (χ0v) is 9.99. The molecule has 2 rings (SSSR count). The lowest BCUT2D eigenvalue weighted by atomic mass is 10.1. The Balaban J connectivity index is 1.98. The molecule has 1 aliphatic rings. The first-order valence-corrected chi connectivity index (χ1v) is 5.95. The Kier molecular flexibility index (Phi) is 3.67. The van der Waals surface area contributed by atoms with E-state index in [4.69, 9.17) is 4.74 Å². The molecule has 3 heteroatoms.